The minimum Gasteiger partial charge on any atom is -0.507 e. The molecular weight excluding hydrogens is 259 g/mol. The molecule has 0 spiro atoms. The van der Waals surface area contributed by atoms with Crippen LogP contribution in [0.1, 0.15) is 38.1 Å². The molecule has 1 fully saturated rings. The predicted octanol–water partition coefficient (Wildman–Crippen LogP) is 1.51. The Hall–Kier alpha value is -1.53. The third-order valence-electron chi connectivity index (χ3n) is 4.01. The number of carbonyl (C=O) groups is 1. The summed E-state index contributed by atoms with van der Waals surface area (Å²) in [5.41, 5.74) is -0.203. The van der Waals surface area contributed by atoms with Gasteiger partial charge in [0, 0.05) is 11.5 Å². The molecule has 1 aliphatic heterocycles. The maximum atomic E-state index is 11.0. The molecule has 1 heterocycles. The standard InChI is InChI=1S/C14H19BO5/c1-13(2)14(3,4)20-15(19-13)10-6-9(8-16)11(17)7-12(10)18-5/h6-8,17H,1-5H3. The van der Waals surface area contributed by atoms with E-state index in [4.69, 9.17) is 14.0 Å². The molecule has 1 aromatic rings. The highest BCUT2D eigenvalue weighted by atomic mass is 16.7. The minimum absolute atomic E-state index is 0.128. The van der Waals surface area contributed by atoms with Crippen LogP contribution in [0.25, 0.3) is 0 Å². The molecule has 0 bridgehead atoms. The van der Waals surface area contributed by atoms with E-state index in [9.17, 15) is 9.90 Å². The molecular formula is C14H19BO5. The zero-order chi connectivity index (χ0) is 15.1. The maximum Gasteiger partial charge on any atom is 0.498 e. The van der Waals surface area contributed by atoms with Gasteiger partial charge < -0.3 is 19.2 Å². The van der Waals surface area contributed by atoms with Gasteiger partial charge in [-0.15, -0.1) is 0 Å². The van der Waals surface area contributed by atoms with Crippen molar-refractivity contribution in [3.8, 4) is 11.5 Å². The van der Waals surface area contributed by atoms with E-state index in [0.717, 1.165) is 0 Å². The van der Waals surface area contributed by atoms with Crippen LogP contribution in [0, 0.1) is 0 Å². The van der Waals surface area contributed by atoms with E-state index in [1.165, 1.54) is 19.2 Å². The number of phenols is 1. The molecule has 0 amide bonds. The molecule has 5 nitrogen and oxygen atoms in total. The van der Waals surface area contributed by atoms with E-state index in [1.54, 1.807) is 0 Å². The van der Waals surface area contributed by atoms with Crippen LogP contribution in [-0.2, 0) is 9.31 Å². The fourth-order valence-electron chi connectivity index (χ4n) is 2.03. The number of rotatable bonds is 3. The molecule has 1 saturated heterocycles. The Balaban J connectivity index is 2.46. The highest BCUT2D eigenvalue weighted by molar-refractivity contribution is 6.63. The van der Waals surface area contributed by atoms with Crippen molar-refractivity contribution < 1.29 is 23.9 Å². The van der Waals surface area contributed by atoms with Crippen molar-refractivity contribution in [2.24, 2.45) is 0 Å². The second-order valence-electron chi connectivity index (χ2n) is 5.86. The largest absolute Gasteiger partial charge is 0.507 e. The lowest BCUT2D eigenvalue weighted by atomic mass is 9.77. The number of aldehydes is 1. The number of ether oxygens (including phenoxy) is 1. The normalized spacial score (nSPS) is 19.9. The third-order valence-corrected chi connectivity index (χ3v) is 4.01. The predicted molar refractivity (Wildman–Crippen MR) is 75.8 cm³/mol. The highest BCUT2D eigenvalue weighted by Crippen LogP contribution is 2.37. The molecule has 0 unspecified atom stereocenters. The van der Waals surface area contributed by atoms with Crippen molar-refractivity contribution in [3.63, 3.8) is 0 Å². The number of carbonyl (C=O) groups excluding carboxylic acids is 1. The first-order valence-electron chi connectivity index (χ1n) is 6.43. The average Bonchev–Trinajstić information content (AvgIpc) is 2.57. The number of hydrogen-bond donors (Lipinski definition) is 1. The molecule has 0 aliphatic carbocycles. The molecule has 1 aliphatic rings. The van der Waals surface area contributed by atoms with Crippen LogP contribution in [0.5, 0.6) is 11.5 Å². The molecule has 108 valence electrons. The number of aromatic hydroxyl groups is 1. The molecule has 0 aromatic heterocycles. The molecule has 0 saturated carbocycles. The monoisotopic (exact) mass is 278 g/mol. The summed E-state index contributed by atoms with van der Waals surface area (Å²) in [6, 6.07) is 2.92. The number of hydrogen-bond acceptors (Lipinski definition) is 5. The van der Waals surface area contributed by atoms with E-state index in [2.05, 4.69) is 0 Å². The maximum absolute atomic E-state index is 11.0. The van der Waals surface area contributed by atoms with Gasteiger partial charge in [0.05, 0.1) is 23.9 Å². The van der Waals surface area contributed by atoms with Crippen molar-refractivity contribution in [1.82, 2.24) is 0 Å². The number of methoxy groups -OCH3 is 1. The fourth-order valence-corrected chi connectivity index (χ4v) is 2.03. The van der Waals surface area contributed by atoms with E-state index in [0.29, 0.717) is 17.5 Å². The van der Waals surface area contributed by atoms with Crippen LogP contribution in [0.3, 0.4) is 0 Å². The van der Waals surface area contributed by atoms with Crippen LogP contribution in [-0.4, -0.2) is 36.8 Å². The summed E-state index contributed by atoms with van der Waals surface area (Å²) in [7, 11) is 0.846. The summed E-state index contributed by atoms with van der Waals surface area (Å²) in [4.78, 5) is 11.0. The second-order valence-corrected chi connectivity index (χ2v) is 5.86. The van der Waals surface area contributed by atoms with Gasteiger partial charge in [0.2, 0.25) is 0 Å². The molecule has 1 aromatic carbocycles. The smallest absolute Gasteiger partial charge is 0.498 e. The SMILES string of the molecule is COc1cc(O)c(C=O)cc1B1OC(C)(C)C(C)(C)O1. The summed E-state index contributed by atoms with van der Waals surface area (Å²) >= 11 is 0. The molecule has 20 heavy (non-hydrogen) atoms. The van der Waals surface area contributed by atoms with Gasteiger partial charge in [0.15, 0.2) is 6.29 Å². The summed E-state index contributed by atoms with van der Waals surface area (Å²) in [5.74, 6) is 0.295. The topological polar surface area (TPSA) is 65.0 Å². The summed E-state index contributed by atoms with van der Waals surface area (Å²) in [6.45, 7) is 7.78. The average molecular weight is 278 g/mol. The first-order valence-corrected chi connectivity index (χ1v) is 6.43. The Morgan fingerprint density at radius 1 is 1.20 bits per heavy atom. The van der Waals surface area contributed by atoms with E-state index >= 15 is 0 Å². The lowest BCUT2D eigenvalue weighted by molar-refractivity contribution is 0.00578. The second kappa shape index (κ2) is 4.79. The van der Waals surface area contributed by atoms with Crippen LogP contribution in [0.15, 0.2) is 12.1 Å². The minimum atomic E-state index is -0.644. The van der Waals surface area contributed by atoms with Gasteiger partial charge in [-0.3, -0.25) is 4.79 Å². The summed E-state index contributed by atoms with van der Waals surface area (Å²) in [5, 5.41) is 9.70. The number of phenolic OH excluding ortho intramolecular Hbond substituents is 1. The van der Waals surface area contributed by atoms with Crippen molar-refractivity contribution >= 4 is 18.9 Å². The fraction of sp³-hybridized carbons (Fsp3) is 0.500. The Bertz CT molecular complexity index is 523. The van der Waals surface area contributed by atoms with Gasteiger partial charge in [0.1, 0.15) is 11.5 Å². The van der Waals surface area contributed by atoms with Crippen molar-refractivity contribution in [3.05, 3.63) is 17.7 Å². The van der Waals surface area contributed by atoms with E-state index < -0.39 is 18.3 Å². The summed E-state index contributed by atoms with van der Waals surface area (Å²) < 4.78 is 17.1. The van der Waals surface area contributed by atoms with E-state index in [-0.39, 0.29) is 11.3 Å². The van der Waals surface area contributed by atoms with Crippen LogP contribution >= 0.6 is 0 Å². The van der Waals surface area contributed by atoms with Gasteiger partial charge in [-0.1, -0.05) is 0 Å². The zero-order valence-electron chi connectivity index (χ0n) is 12.4. The highest BCUT2D eigenvalue weighted by Gasteiger charge is 2.52. The quantitative estimate of drug-likeness (QED) is 0.670. The van der Waals surface area contributed by atoms with Gasteiger partial charge in [-0.25, -0.2) is 0 Å². The Labute approximate surface area is 119 Å². The van der Waals surface area contributed by atoms with Crippen molar-refractivity contribution in [2.75, 3.05) is 7.11 Å². The lowest BCUT2D eigenvalue weighted by Crippen LogP contribution is -2.41. The molecule has 0 atom stereocenters. The molecule has 1 N–H and O–H groups in total. The van der Waals surface area contributed by atoms with Gasteiger partial charge in [-0.05, 0) is 33.8 Å². The molecule has 0 radical (unpaired) electrons. The third kappa shape index (κ3) is 2.29. The first-order chi connectivity index (χ1) is 9.21. The van der Waals surface area contributed by atoms with Crippen LogP contribution in [0.2, 0.25) is 0 Å². The van der Waals surface area contributed by atoms with E-state index in [1.807, 2.05) is 27.7 Å². The Kier molecular flexibility index (Phi) is 3.56. The first kappa shape index (κ1) is 14.9. The Morgan fingerprint density at radius 3 is 2.20 bits per heavy atom. The van der Waals surface area contributed by atoms with Gasteiger partial charge in [0.25, 0.3) is 0 Å². The number of benzene rings is 1. The molecule has 6 heteroatoms. The Morgan fingerprint density at radius 2 is 1.75 bits per heavy atom. The van der Waals surface area contributed by atoms with Crippen LogP contribution < -0.4 is 10.2 Å². The zero-order valence-corrected chi connectivity index (χ0v) is 12.4. The molecule has 2 rings (SSSR count). The van der Waals surface area contributed by atoms with Gasteiger partial charge in [-0.2, -0.15) is 0 Å². The van der Waals surface area contributed by atoms with Crippen molar-refractivity contribution in [2.45, 2.75) is 38.9 Å². The van der Waals surface area contributed by atoms with Crippen molar-refractivity contribution in [1.29, 1.82) is 0 Å². The summed E-state index contributed by atoms with van der Waals surface area (Å²) in [6.07, 6.45) is 0.587. The lowest BCUT2D eigenvalue weighted by Gasteiger charge is -2.32. The van der Waals surface area contributed by atoms with Crippen LogP contribution in [0.4, 0.5) is 0 Å². The van der Waals surface area contributed by atoms with Gasteiger partial charge >= 0.3 is 7.12 Å².